The molecule has 1 saturated carbocycles. The summed E-state index contributed by atoms with van der Waals surface area (Å²) in [6.45, 7) is 1.89. The number of H-pyrrole nitrogens is 1. The van der Waals surface area contributed by atoms with Crippen LogP contribution in [0.5, 0.6) is 0 Å². The summed E-state index contributed by atoms with van der Waals surface area (Å²) < 4.78 is 26.8. The van der Waals surface area contributed by atoms with Gasteiger partial charge in [0, 0.05) is 12.5 Å². The Morgan fingerprint density at radius 2 is 2.39 bits per heavy atom. The maximum Gasteiger partial charge on any atom is 0.257 e. The van der Waals surface area contributed by atoms with Crippen LogP contribution in [0, 0.1) is 17.2 Å². The van der Waals surface area contributed by atoms with E-state index in [1.165, 1.54) is 6.20 Å². The Balaban J connectivity index is 2.14. The second-order valence-corrected chi connectivity index (χ2v) is 6.12. The minimum atomic E-state index is -3.60. The first-order valence-electron chi connectivity index (χ1n) is 6.02. The van der Waals surface area contributed by atoms with Crippen LogP contribution in [0.25, 0.3) is 0 Å². The molecule has 0 bridgehead atoms. The molecule has 1 aliphatic carbocycles. The van der Waals surface area contributed by atoms with Gasteiger partial charge >= 0.3 is 0 Å². The van der Waals surface area contributed by atoms with Crippen LogP contribution in [0.15, 0.2) is 11.2 Å². The molecule has 1 aromatic heterocycles. The highest BCUT2D eigenvalue weighted by Crippen LogP contribution is 2.26. The lowest BCUT2D eigenvalue weighted by atomic mass is 10.1. The van der Waals surface area contributed by atoms with E-state index in [0.717, 1.165) is 12.8 Å². The zero-order valence-electron chi connectivity index (χ0n) is 10.2. The summed E-state index contributed by atoms with van der Waals surface area (Å²) in [5.41, 5.74) is 0. The molecular weight excluding hydrogens is 252 g/mol. The Kier molecular flexibility index (Phi) is 3.68. The van der Waals surface area contributed by atoms with Crippen molar-refractivity contribution in [2.45, 2.75) is 43.7 Å². The van der Waals surface area contributed by atoms with Gasteiger partial charge in [0.25, 0.3) is 10.0 Å². The standard InChI is InChI=1S/C11H16N4O2S/c1-2-10-13-7-11(14-10)18(16,17)15-9-5-3-4-8(9)6-12/h7-9,15H,2-5H2,1H3,(H,13,14). The number of hydrogen-bond donors (Lipinski definition) is 2. The SMILES string of the molecule is CCc1ncc(S(=O)(=O)NC2CCCC2C#N)[nH]1. The van der Waals surface area contributed by atoms with Gasteiger partial charge in [-0.05, 0) is 12.8 Å². The number of rotatable bonds is 4. The highest BCUT2D eigenvalue weighted by Gasteiger charge is 2.31. The van der Waals surface area contributed by atoms with Gasteiger partial charge in [-0.25, -0.2) is 18.1 Å². The summed E-state index contributed by atoms with van der Waals surface area (Å²) in [5.74, 6) is 0.409. The van der Waals surface area contributed by atoms with Gasteiger partial charge in [-0.2, -0.15) is 5.26 Å². The lowest BCUT2D eigenvalue weighted by molar-refractivity contribution is 0.513. The first-order valence-corrected chi connectivity index (χ1v) is 7.51. The Labute approximate surface area is 106 Å². The molecule has 18 heavy (non-hydrogen) atoms. The van der Waals surface area contributed by atoms with Crippen LogP contribution in [-0.2, 0) is 16.4 Å². The summed E-state index contributed by atoms with van der Waals surface area (Å²) in [4.78, 5) is 6.74. The maximum absolute atomic E-state index is 12.1. The van der Waals surface area contributed by atoms with Crippen molar-refractivity contribution >= 4 is 10.0 Å². The van der Waals surface area contributed by atoms with E-state index in [-0.39, 0.29) is 17.0 Å². The van der Waals surface area contributed by atoms with E-state index >= 15 is 0 Å². The third-order valence-corrected chi connectivity index (χ3v) is 4.62. The molecule has 7 heteroatoms. The topological polar surface area (TPSA) is 98.6 Å². The molecule has 1 aliphatic rings. The van der Waals surface area contributed by atoms with Crippen LogP contribution in [0.3, 0.4) is 0 Å². The lowest BCUT2D eigenvalue weighted by Crippen LogP contribution is -2.37. The van der Waals surface area contributed by atoms with Crippen molar-refractivity contribution in [1.29, 1.82) is 5.26 Å². The van der Waals surface area contributed by atoms with Gasteiger partial charge in [0.1, 0.15) is 5.82 Å². The van der Waals surface area contributed by atoms with Crippen molar-refractivity contribution in [3.63, 3.8) is 0 Å². The Morgan fingerprint density at radius 3 is 3.00 bits per heavy atom. The summed E-state index contributed by atoms with van der Waals surface area (Å²) in [7, 11) is -3.60. The van der Waals surface area contributed by atoms with Crippen LogP contribution in [-0.4, -0.2) is 24.4 Å². The number of imidazole rings is 1. The Bertz CT molecular complexity index is 558. The molecule has 0 saturated heterocycles. The molecule has 0 aromatic carbocycles. The molecule has 1 aromatic rings. The maximum atomic E-state index is 12.1. The zero-order chi connectivity index (χ0) is 13.2. The first kappa shape index (κ1) is 13.1. The average molecular weight is 268 g/mol. The van der Waals surface area contributed by atoms with E-state index < -0.39 is 10.0 Å². The number of aromatic amines is 1. The fourth-order valence-corrected chi connectivity index (χ4v) is 3.43. The predicted molar refractivity (Wildman–Crippen MR) is 65.0 cm³/mol. The number of sulfonamides is 1. The van der Waals surface area contributed by atoms with Crippen molar-refractivity contribution in [3.8, 4) is 6.07 Å². The molecular formula is C11H16N4O2S. The minimum Gasteiger partial charge on any atom is -0.332 e. The Morgan fingerprint density at radius 1 is 1.61 bits per heavy atom. The smallest absolute Gasteiger partial charge is 0.257 e. The van der Waals surface area contributed by atoms with E-state index in [4.69, 9.17) is 5.26 Å². The monoisotopic (exact) mass is 268 g/mol. The van der Waals surface area contributed by atoms with Crippen LogP contribution in [0.4, 0.5) is 0 Å². The summed E-state index contributed by atoms with van der Waals surface area (Å²) in [6, 6.07) is 1.87. The molecule has 0 aliphatic heterocycles. The average Bonchev–Trinajstić information content (AvgIpc) is 2.96. The van der Waals surface area contributed by atoms with E-state index in [9.17, 15) is 8.42 Å². The second kappa shape index (κ2) is 5.08. The summed E-state index contributed by atoms with van der Waals surface area (Å²) in [6.07, 6.45) is 4.32. The van der Waals surface area contributed by atoms with Gasteiger partial charge in [0.05, 0.1) is 18.2 Å². The molecule has 2 unspecified atom stereocenters. The molecule has 1 heterocycles. The number of nitrogens with one attached hydrogen (secondary N) is 2. The molecule has 2 N–H and O–H groups in total. The molecule has 98 valence electrons. The molecule has 0 radical (unpaired) electrons. The van der Waals surface area contributed by atoms with Crippen LogP contribution < -0.4 is 4.72 Å². The van der Waals surface area contributed by atoms with Crippen LogP contribution in [0.2, 0.25) is 0 Å². The van der Waals surface area contributed by atoms with Gasteiger partial charge in [-0.1, -0.05) is 13.3 Å². The second-order valence-electron chi connectivity index (χ2n) is 4.44. The van der Waals surface area contributed by atoms with E-state index in [1.807, 2.05) is 6.92 Å². The van der Waals surface area contributed by atoms with Crippen molar-refractivity contribution in [2.75, 3.05) is 0 Å². The van der Waals surface area contributed by atoms with E-state index in [2.05, 4.69) is 20.8 Å². The molecule has 0 spiro atoms. The van der Waals surface area contributed by atoms with Gasteiger partial charge in [0.2, 0.25) is 0 Å². The molecule has 2 rings (SSSR count). The van der Waals surface area contributed by atoms with E-state index in [0.29, 0.717) is 18.7 Å². The third kappa shape index (κ3) is 2.54. The van der Waals surface area contributed by atoms with Gasteiger partial charge in [-0.15, -0.1) is 0 Å². The number of aryl methyl sites for hydroxylation is 1. The fourth-order valence-electron chi connectivity index (χ4n) is 2.18. The summed E-state index contributed by atoms with van der Waals surface area (Å²) >= 11 is 0. The van der Waals surface area contributed by atoms with Gasteiger partial charge < -0.3 is 4.98 Å². The van der Waals surface area contributed by atoms with Crippen molar-refractivity contribution in [2.24, 2.45) is 5.92 Å². The molecule has 1 fully saturated rings. The Hall–Kier alpha value is -1.39. The molecule has 0 amide bonds. The molecule has 6 nitrogen and oxygen atoms in total. The van der Waals surface area contributed by atoms with Crippen molar-refractivity contribution in [3.05, 3.63) is 12.0 Å². The van der Waals surface area contributed by atoms with Crippen LogP contribution >= 0.6 is 0 Å². The molecule has 2 atom stereocenters. The minimum absolute atomic E-state index is 0.0722. The fraction of sp³-hybridized carbons (Fsp3) is 0.636. The lowest BCUT2D eigenvalue weighted by Gasteiger charge is -2.14. The van der Waals surface area contributed by atoms with Gasteiger partial charge in [0.15, 0.2) is 5.03 Å². The number of hydrogen-bond acceptors (Lipinski definition) is 4. The van der Waals surface area contributed by atoms with Crippen LogP contribution in [0.1, 0.15) is 32.0 Å². The van der Waals surface area contributed by atoms with Gasteiger partial charge in [-0.3, -0.25) is 0 Å². The normalized spacial score (nSPS) is 24.0. The number of nitrogens with zero attached hydrogens (tertiary/aromatic N) is 2. The highest BCUT2D eigenvalue weighted by molar-refractivity contribution is 7.89. The van der Waals surface area contributed by atoms with E-state index in [1.54, 1.807) is 0 Å². The quantitative estimate of drug-likeness (QED) is 0.849. The number of aromatic nitrogens is 2. The van der Waals surface area contributed by atoms with Crippen molar-refractivity contribution in [1.82, 2.24) is 14.7 Å². The highest BCUT2D eigenvalue weighted by atomic mass is 32.2. The predicted octanol–water partition coefficient (Wildman–Crippen LogP) is 0.943. The summed E-state index contributed by atoms with van der Waals surface area (Å²) in [5, 5.41) is 9.01. The largest absolute Gasteiger partial charge is 0.332 e. The first-order chi connectivity index (χ1) is 8.56. The zero-order valence-corrected chi connectivity index (χ0v) is 11.0. The number of nitriles is 1. The third-order valence-electron chi connectivity index (χ3n) is 3.22. The van der Waals surface area contributed by atoms with Crippen molar-refractivity contribution < 1.29 is 8.42 Å².